The molecular formula is C7H5N2. The van der Waals surface area contributed by atoms with Crippen molar-refractivity contribution < 1.29 is 0 Å². The Labute approximate surface area is 53.2 Å². The molecule has 0 saturated carbocycles. The van der Waals surface area contributed by atoms with Gasteiger partial charge in [0.15, 0.2) is 0 Å². The van der Waals surface area contributed by atoms with Gasteiger partial charge in [-0.25, -0.2) is 0 Å². The van der Waals surface area contributed by atoms with Crippen molar-refractivity contribution in [2.75, 3.05) is 0 Å². The molecule has 1 radical (unpaired) electrons. The summed E-state index contributed by atoms with van der Waals surface area (Å²) >= 11 is 0. The van der Waals surface area contributed by atoms with Crippen LogP contribution < -0.4 is 5.43 Å². The summed E-state index contributed by atoms with van der Waals surface area (Å²) in [5.74, 6) is 0. The minimum Gasteiger partial charge on any atom is -0.158 e. The zero-order valence-corrected chi connectivity index (χ0v) is 4.78. The first-order chi connectivity index (χ1) is 4.47. The maximum Gasteiger partial charge on any atom is 0.0945 e. The molecule has 9 heavy (non-hydrogen) atoms. The van der Waals surface area contributed by atoms with E-state index in [0.29, 0.717) is 0 Å². The lowest BCUT2D eigenvalue weighted by Gasteiger charge is -1.89. The van der Waals surface area contributed by atoms with E-state index in [0.717, 1.165) is 11.3 Å². The summed E-state index contributed by atoms with van der Waals surface area (Å²) in [6.07, 6.45) is 1.76. The van der Waals surface area contributed by atoms with Crippen LogP contribution in [0.4, 0.5) is 5.69 Å². The number of rotatable bonds is 0. The van der Waals surface area contributed by atoms with Gasteiger partial charge in [0.05, 0.1) is 11.9 Å². The molecule has 1 heterocycles. The number of hydrogen-bond acceptors (Lipinski definition) is 1. The van der Waals surface area contributed by atoms with Crippen LogP contribution >= 0.6 is 0 Å². The van der Waals surface area contributed by atoms with Gasteiger partial charge in [-0.3, -0.25) is 0 Å². The molecule has 0 bridgehead atoms. The van der Waals surface area contributed by atoms with Crippen molar-refractivity contribution in [2.24, 2.45) is 5.10 Å². The minimum atomic E-state index is 0.970. The number of nitrogens with zero attached hydrogens (tertiary/aromatic N) is 2. The SMILES string of the molecule is C1=N[N]c2ccccc21. The Bertz CT molecular complexity index is 253. The Morgan fingerprint density at radius 3 is 2.89 bits per heavy atom. The van der Waals surface area contributed by atoms with Gasteiger partial charge in [-0.1, -0.05) is 18.2 Å². The van der Waals surface area contributed by atoms with E-state index < -0.39 is 0 Å². The van der Waals surface area contributed by atoms with Gasteiger partial charge in [-0.2, -0.15) is 10.5 Å². The van der Waals surface area contributed by atoms with E-state index in [2.05, 4.69) is 10.5 Å². The van der Waals surface area contributed by atoms with Crippen LogP contribution in [0.15, 0.2) is 29.4 Å². The van der Waals surface area contributed by atoms with Crippen LogP contribution in [0.1, 0.15) is 5.56 Å². The minimum absolute atomic E-state index is 0.970. The molecule has 1 aliphatic heterocycles. The molecule has 1 aliphatic rings. The van der Waals surface area contributed by atoms with E-state index in [4.69, 9.17) is 0 Å². The second kappa shape index (κ2) is 1.58. The fourth-order valence-electron chi connectivity index (χ4n) is 0.841. The van der Waals surface area contributed by atoms with Crippen molar-refractivity contribution in [3.8, 4) is 0 Å². The topological polar surface area (TPSA) is 26.5 Å². The molecule has 2 nitrogen and oxygen atoms in total. The summed E-state index contributed by atoms with van der Waals surface area (Å²) < 4.78 is 0. The molecule has 0 unspecified atom stereocenters. The molecule has 2 rings (SSSR count). The normalized spacial score (nSPS) is 12.9. The van der Waals surface area contributed by atoms with E-state index in [1.54, 1.807) is 6.21 Å². The summed E-state index contributed by atoms with van der Waals surface area (Å²) in [6, 6.07) is 7.88. The third-order valence-corrected chi connectivity index (χ3v) is 1.30. The standard InChI is InChI=1S/C7H5N2/c1-2-4-7-6(3-1)5-8-9-7/h1-5H. The summed E-state index contributed by atoms with van der Waals surface area (Å²) in [5.41, 5.74) is 5.95. The lowest BCUT2D eigenvalue weighted by atomic mass is 10.2. The quantitative estimate of drug-likeness (QED) is 0.489. The fraction of sp³-hybridized carbons (Fsp3) is 0. The van der Waals surface area contributed by atoms with Crippen molar-refractivity contribution in [1.82, 2.24) is 5.43 Å². The lowest BCUT2D eigenvalue weighted by molar-refractivity contribution is 0.991. The highest BCUT2D eigenvalue weighted by Crippen LogP contribution is 2.16. The third kappa shape index (κ3) is 0.598. The zero-order chi connectivity index (χ0) is 6.10. The second-order valence-corrected chi connectivity index (χ2v) is 1.90. The third-order valence-electron chi connectivity index (χ3n) is 1.30. The predicted molar refractivity (Wildman–Crippen MR) is 35.8 cm³/mol. The van der Waals surface area contributed by atoms with Crippen LogP contribution in [-0.4, -0.2) is 6.21 Å². The Morgan fingerprint density at radius 1 is 1.11 bits per heavy atom. The monoisotopic (exact) mass is 117 g/mol. The van der Waals surface area contributed by atoms with Crippen LogP contribution in [0, 0.1) is 0 Å². The van der Waals surface area contributed by atoms with Crippen molar-refractivity contribution in [1.29, 1.82) is 0 Å². The van der Waals surface area contributed by atoms with Gasteiger partial charge < -0.3 is 0 Å². The van der Waals surface area contributed by atoms with Crippen LogP contribution in [0.25, 0.3) is 0 Å². The van der Waals surface area contributed by atoms with Crippen molar-refractivity contribution in [3.05, 3.63) is 29.8 Å². The van der Waals surface area contributed by atoms with Gasteiger partial charge in [-0.05, 0) is 6.07 Å². The largest absolute Gasteiger partial charge is 0.158 e. The van der Waals surface area contributed by atoms with Gasteiger partial charge in [0.1, 0.15) is 0 Å². The molecular weight excluding hydrogens is 112 g/mol. The molecule has 1 aromatic rings. The first-order valence-corrected chi connectivity index (χ1v) is 2.80. The van der Waals surface area contributed by atoms with Crippen LogP contribution in [-0.2, 0) is 0 Å². The molecule has 0 N–H and O–H groups in total. The molecule has 0 atom stereocenters. The summed E-state index contributed by atoms with van der Waals surface area (Å²) in [6.45, 7) is 0. The molecule has 0 aromatic heterocycles. The Morgan fingerprint density at radius 2 is 2.00 bits per heavy atom. The molecule has 43 valence electrons. The highest BCUT2D eigenvalue weighted by molar-refractivity contribution is 5.88. The van der Waals surface area contributed by atoms with Crippen molar-refractivity contribution in [2.45, 2.75) is 0 Å². The number of hydrogen-bond donors (Lipinski definition) is 0. The van der Waals surface area contributed by atoms with Gasteiger partial charge in [0.25, 0.3) is 0 Å². The molecule has 0 spiro atoms. The van der Waals surface area contributed by atoms with E-state index >= 15 is 0 Å². The molecule has 0 aliphatic carbocycles. The van der Waals surface area contributed by atoms with Crippen LogP contribution in [0.2, 0.25) is 0 Å². The van der Waals surface area contributed by atoms with Gasteiger partial charge in [-0.15, -0.1) is 0 Å². The fourth-order valence-corrected chi connectivity index (χ4v) is 0.841. The lowest BCUT2D eigenvalue weighted by Crippen LogP contribution is -1.79. The summed E-state index contributed by atoms with van der Waals surface area (Å²) in [5, 5.41) is 3.75. The van der Waals surface area contributed by atoms with E-state index in [9.17, 15) is 0 Å². The highest BCUT2D eigenvalue weighted by Gasteiger charge is 2.03. The average molecular weight is 117 g/mol. The highest BCUT2D eigenvalue weighted by atomic mass is 15.3. The van der Waals surface area contributed by atoms with E-state index in [1.807, 2.05) is 24.3 Å². The van der Waals surface area contributed by atoms with E-state index in [-0.39, 0.29) is 0 Å². The second-order valence-electron chi connectivity index (χ2n) is 1.90. The smallest absolute Gasteiger partial charge is 0.0945 e. The number of benzene rings is 1. The van der Waals surface area contributed by atoms with Crippen LogP contribution in [0.3, 0.4) is 0 Å². The average Bonchev–Trinajstić information content (AvgIpc) is 2.33. The number of fused-ring (bicyclic) bond motifs is 1. The molecule has 2 heteroatoms. The predicted octanol–water partition coefficient (Wildman–Crippen LogP) is 1.27. The van der Waals surface area contributed by atoms with Gasteiger partial charge in [0, 0.05) is 5.56 Å². The first kappa shape index (κ1) is 4.56. The summed E-state index contributed by atoms with van der Waals surface area (Å²) in [4.78, 5) is 0. The van der Waals surface area contributed by atoms with Crippen molar-refractivity contribution in [3.63, 3.8) is 0 Å². The van der Waals surface area contributed by atoms with Crippen molar-refractivity contribution >= 4 is 11.9 Å². The Hall–Kier alpha value is -1.31. The molecule has 0 fully saturated rings. The van der Waals surface area contributed by atoms with Gasteiger partial charge in [0.2, 0.25) is 0 Å². The first-order valence-electron chi connectivity index (χ1n) is 2.80. The Balaban J connectivity index is 2.63. The molecule has 0 amide bonds. The molecule has 0 saturated heterocycles. The Kier molecular flexibility index (Phi) is 0.803. The maximum atomic E-state index is 3.87. The molecule has 1 aromatic carbocycles. The summed E-state index contributed by atoms with van der Waals surface area (Å²) in [7, 11) is 0. The van der Waals surface area contributed by atoms with Crippen LogP contribution in [0.5, 0.6) is 0 Å². The maximum absolute atomic E-state index is 3.87. The van der Waals surface area contributed by atoms with Gasteiger partial charge >= 0.3 is 0 Å². The van der Waals surface area contributed by atoms with E-state index in [1.165, 1.54) is 0 Å². The zero-order valence-electron chi connectivity index (χ0n) is 4.78.